The van der Waals surface area contributed by atoms with E-state index in [1.165, 1.54) is 6.07 Å². The van der Waals surface area contributed by atoms with Crippen molar-refractivity contribution in [2.75, 3.05) is 25.6 Å². The van der Waals surface area contributed by atoms with Crippen LogP contribution in [-0.4, -0.2) is 40.0 Å². The summed E-state index contributed by atoms with van der Waals surface area (Å²) in [5.41, 5.74) is 1.77. The van der Waals surface area contributed by atoms with Crippen molar-refractivity contribution in [2.24, 2.45) is 0 Å². The van der Waals surface area contributed by atoms with Crippen molar-refractivity contribution in [3.05, 3.63) is 23.7 Å². The number of nitrogens with zero attached hydrogens (tertiary/aromatic N) is 4. The molecule has 2 aromatic heterocycles. The van der Waals surface area contributed by atoms with Crippen LogP contribution in [0.3, 0.4) is 0 Å². The molecule has 23 heavy (non-hydrogen) atoms. The topological polar surface area (TPSA) is 64.9 Å². The van der Waals surface area contributed by atoms with Crippen molar-refractivity contribution in [1.29, 1.82) is 0 Å². The first-order valence-electron chi connectivity index (χ1n) is 7.49. The fraction of sp³-hybridized carbons (Fsp3) is 0.533. The van der Waals surface area contributed by atoms with Gasteiger partial charge in [0, 0.05) is 38.1 Å². The van der Waals surface area contributed by atoms with Gasteiger partial charge < -0.3 is 10.1 Å². The monoisotopic (exact) mass is 325 g/mol. The molecule has 1 N–H and O–H groups in total. The highest BCUT2D eigenvalue weighted by atomic mass is 19.3. The lowest BCUT2D eigenvalue weighted by Gasteiger charge is -2.09. The molecule has 6 nitrogen and oxygen atoms in total. The summed E-state index contributed by atoms with van der Waals surface area (Å²) in [6.45, 7) is 5.70. The number of hydrogen-bond donors (Lipinski definition) is 1. The molecule has 0 aliphatic carbocycles. The molecular weight excluding hydrogens is 304 g/mol. The Labute approximate surface area is 133 Å². The number of hydrogen-bond acceptors (Lipinski definition) is 5. The van der Waals surface area contributed by atoms with E-state index in [-0.39, 0.29) is 11.6 Å². The third-order valence-electron chi connectivity index (χ3n) is 3.46. The van der Waals surface area contributed by atoms with Gasteiger partial charge in [-0.15, -0.1) is 0 Å². The molecule has 0 fully saturated rings. The van der Waals surface area contributed by atoms with Crippen LogP contribution >= 0.6 is 0 Å². The van der Waals surface area contributed by atoms with Crippen LogP contribution in [0, 0.1) is 6.92 Å². The van der Waals surface area contributed by atoms with Gasteiger partial charge >= 0.3 is 0 Å². The summed E-state index contributed by atoms with van der Waals surface area (Å²) in [7, 11) is 1.61. The molecule has 0 spiro atoms. The van der Waals surface area contributed by atoms with E-state index in [0.717, 1.165) is 17.7 Å². The second-order valence-electron chi connectivity index (χ2n) is 5.03. The maximum Gasteiger partial charge on any atom is 0.280 e. The minimum atomic E-state index is -2.65. The van der Waals surface area contributed by atoms with Crippen LogP contribution in [0.4, 0.5) is 14.7 Å². The Morgan fingerprint density at radius 1 is 1.35 bits per heavy atom. The number of ether oxygens (including phenoxy) is 1. The molecule has 0 aromatic carbocycles. The van der Waals surface area contributed by atoms with Gasteiger partial charge in [-0.25, -0.2) is 18.7 Å². The molecule has 0 aliphatic rings. The highest BCUT2D eigenvalue weighted by Gasteiger charge is 2.16. The van der Waals surface area contributed by atoms with Gasteiger partial charge in [0.05, 0.1) is 11.9 Å². The molecule has 2 aromatic rings. The Morgan fingerprint density at radius 3 is 2.74 bits per heavy atom. The van der Waals surface area contributed by atoms with Crippen molar-refractivity contribution in [2.45, 2.75) is 33.2 Å². The van der Waals surface area contributed by atoms with E-state index in [1.807, 2.05) is 13.8 Å². The summed E-state index contributed by atoms with van der Waals surface area (Å²) in [6, 6.07) is 1.31. The second kappa shape index (κ2) is 7.96. The highest BCUT2D eigenvalue weighted by molar-refractivity contribution is 5.62. The van der Waals surface area contributed by atoms with Crippen molar-refractivity contribution in [3.8, 4) is 11.3 Å². The molecule has 0 radical (unpaired) electrons. The third kappa shape index (κ3) is 4.22. The molecule has 2 rings (SSSR count). The number of methoxy groups -OCH3 is 1. The lowest BCUT2D eigenvalue weighted by molar-refractivity contribution is 0.146. The summed E-state index contributed by atoms with van der Waals surface area (Å²) in [5.74, 6) is 0.192. The molecule has 0 atom stereocenters. The van der Waals surface area contributed by atoms with Crippen LogP contribution in [0.5, 0.6) is 0 Å². The van der Waals surface area contributed by atoms with Crippen molar-refractivity contribution >= 4 is 5.95 Å². The summed E-state index contributed by atoms with van der Waals surface area (Å²) >= 11 is 0. The van der Waals surface area contributed by atoms with E-state index in [9.17, 15) is 8.78 Å². The van der Waals surface area contributed by atoms with Crippen LogP contribution < -0.4 is 5.32 Å². The molecular formula is C15H21F2N5O. The molecule has 0 unspecified atom stereocenters. The van der Waals surface area contributed by atoms with Gasteiger partial charge in [-0.1, -0.05) is 0 Å². The van der Waals surface area contributed by atoms with Gasteiger partial charge in [-0.05, 0) is 26.3 Å². The number of nitrogens with one attached hydrogen (secondary N) is 1. The Kier molecular flexibility index (Phi) is 5.97. The second-order valence-corrected chi connectivity index (χ2v) is 5.03. The molecule has 8 heteroatoms. The van der Waals surface area contributed by atoms with E-state index in [0.29, 0.717) is 25.4 Å². The highest BCUT2D eigenvalue weighted by Crippen LogP contribution is 2.26. The first-order chi connectivity index (χ1) is 11.1. The fourth-order valence-electron chi connectivity index (χ4n) is 2.23. The zero-order valence-corrected chi connectivity index (χ0v) is 13.5. The predicted molar refractivity (Wildman–Crippen MR) is 83.6 cm³/mol. The maximum absolute atomic E-state index is 13.1. The quantitative estimate of drug-likeness (QED) is 0.756. The smallest absolute Gasteiger partial charge is 0.280 e. The van der Waals surface area contributed by atoms with Gasteiger partial charge in [0.25, 0.3) is 6.43 Å². The van der Waals surface area contributed by atoms with Gasteiger partial charge in [0.1, 0.15) is 5.69 Å². The van der Waals surface area contributed by atoms with E-state index in [4.69, 9.17) is 4.74 Å². The first-order valence-corrected chi connectivity index (χ1v) is 7.49. The first kappa shape index (κ1) is 17.3. The average molecular weight is 325 g/mol. The number of anilines is 1. The molecule has 0 bridgehead atoms. The Bertz CT molecular complexity index is 645. The van der Waals surface area contributed by atoms with Crippen molar-refractivity contribution in [3.63, 3.8) is 0 Å². The Morgan fingerprint density at radius 2 is 2.13 bits per heavy atom. The lowest BCUT2D eigenvalue weighted by atomic mass is 10.1. The zero-order chi connectivity index (χ0) is 16.8. The van der Waals surface area contributed by atoms with Crippen molar-refractivity contribution in [1.82, 2.24) is 19.7 Å². The molecule has 0 amide bonds. The van der Waals surface area contributed by atoms with Crippen LogP contribution in [0.1, 0.15) is 31.2 Å². The Balaban J connectivity index is 2.30. The van der Waals surface area contributed by atoms with Crippen LogP contribution in [-0.2, 0) is 11.3 Å². The number of alkyl halides is 2. The molecule has 0 aliphatic heterocycles. The van der Waals surface area contributed by atoms with Gasteiger partial charge in [-0.3, -0.25) is 4.68 Å². The van der Waals surface area contributed by atoms with Gasteiger partial charge in [-0.2, -0.15) is 5.10 Å². The summed E-state index contributed by atoms with van der Waals surface area (Å²) in [4.78, 5) is 8.21. The third-order valence-corrected chi connectivity index (χ3v) is 3.46. The standard InChI is InChI=1S/C15H21F2N5O/c1-4-22-10(2)11(9-19-22)12-8-13(14(16)17)21-15(20-12)18-6-5-7-23-3/h8-9,14H,4-7H2,1-3H3,(H,18,20,21). The molecule has 126 valence electrons. The number of halogens is 2. The van der Waals surface area contributed by atoms with Crippen LogP contribution in [0.15, 0.2) is 12.3 Å². The summed E-state index contributed by atoms with van der Waals surface area (Å²) < 4.78 is 32.9. The molecule has 2 heterocycles. The minimum absolute atomic E-state index is 0.192. The molecule has 0 saturated heterocycles. The summed E-state index contributed by atoms with van der Waals surface area (Å²) in [5, 5.41) is 7.20. The van der Waals surface area contributed by atoms with E-state index in [2.05, 4.69) is 20.4 Å². The van der Waals surface area contributed by atoms with Gasteiger partial charge in [0.15, 0.2) is 0 Å². The average Bonchev–Trinajstić information content (AvgIpc) is 2.92. The fourth-order valence-corrected chi connectivity index (χ4v) is 2.23. The largest absolute Gasteiger partial charge is 0.385 e. The van der Waals surface area contributed by atoms with Crippen LogP contribution in [0.2, 0.25) is 0 Å². The zero-order valence-electron chi connectivity index (χ0n) is 13.5. The Hall–Kier alpha value is -2.09. The number of aromatic nitrogens is 4. The van der Waals surface area contributed by atoms with E-state index >= 15 is 0 Å². The SMILES string of the molecule is CCn1ncc(-c2cc(C(F)F)nc(NCCCOC)n2)c1C. The van der Waals surface area contributed by atoms with Gasteiger partial charge in [0.2, 0.25) is 5.95 Å². The van der Waals surface area contributed by atoms with E-state index < -0.39 is 6.43 Å². The van der Waals surface area contributed by atoms with E-state index in [1.54, 1.807) is 18.0 Å². The normalized spacial score (nSPS) is 11.2. The minimum Gasteiger partial charge on any atom is -0.385 e. The lowest BCUT2D eigenvalue weighted by Crippen LogP contribution is -2.09. The van der Waals surface area contributed by atoms with Crippen LogP contribution in [0.25, 0.3) is 11.3 Å². The maximum atomic E-state index is 13.1. The number of rotatable bonds is 8. The summed E-state index contributed by atoms with van der Waals surface area (Å²) in [6.07, 6.45) is -0.274. The predicted octanol–water partition coefficient (Wildman–Crippen LogP) is 3.05. The van der Waals surface area contributed by atoms with Crippen molar-refractivity contribution < 1.29 is 13.5 Å². The molecule has 0 saturated carbocycles. The number of aryl methyl sites for hydroxylation is 1.